The van der Waals surface area contributed by atoms with Gasteiger partial charge in [-0.25, -0.2) is 0 Å². The molecule has 2 N–H and O–H groups in total. The molecule has 0 bridgehead atoms. The Balaban J connectivity index is 1.63. The SMILES string of the molecule is COc1cc(CC2OC(CC(=O)c3ccc(OC(C)=O)c(OC)c3)CC2O)ccc1O. The van der Waals surface area contributed by atoms with Crippen LogP contribution in [0.3, 0.4) is 0 Å². The maximum absolute atomic E-state index is 12.7. The van der Waals surface area contributed by atoms with Gasteiger partial charge < -0.3 is 29.2 Å². The summed E-state index contributed by atoms with van der Waals surface area (Å²) < 4.78 is 21.3. The Morgan fingerprint density at radius 3 is 2.48 bits per heavy atom. The average molecular weight is 430 g/mol. The van der Waals surface area contributed by atoms with Crippen molar-refractivity contribution < 1.29 is 38.7 Å². The maximum atomic E-state index is 12.7. The van der Waals surface area contributed by atoms with E-state index < -0.39 is 24.3 Å². The van der Waals surface area contributed by atoms with Gasteiger partial charge >= 0.3 is 5.97 Å². The summed E-state index contributed by atoms with van der Waals surface area (Å²) >= 11 is 0. The highest BCUT2D eigenvalue weighted by Gasteiger charge is 2.35. The number of carbonyl (C=O) groups excluding carboxylic acids is 2. The fraction of sp³-hybridized carbons (Fsp3) is 0.391. The predicted molar refractivity (Wildman–Crippen MR) is 111 cm³/mol. The van der Waals surface area contributed by atoms with Crippen LogP contribution in [0.25, 0.3) is 0 Å². The molecule has 1 heterocycles. The first kappa shape index (κ1) is 22.6. The predicted octanol–water partition coefficient (Wildman–Crippen LogP) is 2.67. The molecule has 3 unspecified atom stereocenters. The molecule has 31 heavy (non-hydrogen) atoms. The lowest BCUT2D eigenvalue weighted by atomic mass is 10.00. The highest BCUT2D eigenvalue weighted by Crippen LogP contribution is 2.32. The molecule has 2 aromatic carbocycles. The minimum atomic E-state index is -0.710. The molecule has 166 valence electrons. The second-order valence-electron chi connectivity index (χ2n) is 7.40. The Morgan fingerprint density at radius 2 is 1.81 bits per heavy atom. The topological polar surface area (TPSA) is 112 Å². The van der Waals surface area contributed by atoms with E-state index in [0.717, 1.165) is 5.56 Å². The average Bonchev–Trinajstić information content (AvgIpc) is 3.07. The van der Waals surface area contributed by atoms with E-state index in [-0.39, 0.29) is 29.5 Å². The molecule has 1 saturated heterocycles. The molecule has 0 aromatic heterocycles. The summed E-state index contributed by atoms with van der Waals surface area (Å²) in [5.41, 5.74) is 1.24. The van der Waals surface area contributed by atoms with E-state index in [9.17, 15) is 19.8 Å². The summed E-state index contributed by atoms with van der Waals surface area (Å²) in [7, 11) is 2.89. The van der Waals surface area contributed by atoms with Crippen LogP contribution in [0.4, 0.5) is 0 Å². The zero-order chi connectivity index (χ0) is 22.5. The van der Waals surface area contributed by atoms with Gasteiger partial charge in [-0.2, -0.15) is 0 Å². The first-order valence-electron chi connectivity index (χ1n) is 9.89. The second-order valence-corrected chi connectivity index (χ2v) is 7.40. The smallest absolute Gasteiger partial charge is 0.308 e. The molecule has 0 radical (unpaired) electrons. The van der Waals surface area contributed by atoms with Crippen molar-refractivity contribution >= 4 is 11.8 Å². The Kier molecular flexibility index (Phi) is 7.14. The molecule has 0 aliphatic carbocycles. The number of methoxy groups -OCH3 is 2. The molecule has 1 aliphatic rings. The van der Waals surface area contributed by atoms with Crippen molar-refractivity contribution in [1.29, 1.82) is 0 Å². The number of rotatable bonds is 8. The molecular formula is C23H26O8. The summed E-state index contributed by atoms with van der Waals surface area (Å²) in [6, 6.07) is 9.56. The molecule has 3 atom stereocenters. The van der Waals surface area contributed by atoms with Crippen LogP contribution in [0.2, 0.25) is 0 Å². The Labute approximate surface area is 180 Å². The van der Waals surface area contributed by atoms with Crippen LogP contribution >= 0.6 is 0 Å². The van der Waals surface area contributed by atoms with Crippen LogP contribution in [0.15, 0.2) is 36.4 Å². The van der Waals surface area contributed by atoms with Gasteiger partial charge in [0.05, 0.1) is 32.5 Å². The molecule has 8 heteroatoms. The fourth-order valence-corrected chi connectivity index (χ4v) is 3.62. The fourth-order valence-electron chi connectivity index (χ4n) is 3.62. The number of hydrogen-bond acceptors (Lipinski definition) is 8. The van der Waals surface area contributed by atoms with Crippen molar-refractivity contribution in [3.05, 3.63) is 47.5 Å². The third kappa shape index (κ3) is 5.53. The van der Waals surface area contributed by atoms with E-state index in [1.807, 2.05) is 0 Å². The van der Waals surface area contributed by atoms with Crippen LogP contribution < -0.4 is 14.2 Å². The van der Waals surface area contributed by atoms with Crippen molar-refractivity contribution in [2.45, 2.75) is 44.5 Å². The Bertz CT molecular complexity index is 955. The highest BCUT2D eigenvalue weighted by atomic mass is 16.6. The third-order valence-corrected chi connectivity index (χ3v) is 5.13. The third-order valence-electron chi connectivity index (χ3n) is 5.13. The number of ether oxygens (including phenoxy) is 4. The van der Waals surface area contributed by atoms with Crippen LogP contribution in [-0.4, -0.2) is 54.5 Å². The Morgan fingerprint density at radius 1 is 1.06 bits per heavy atom. The number of phenols is 1. The number of ketones is 1. The monoisotopic (exact) mass is 430 g/mol. The van der Waals surface area contributed by atoms with Gasteiger partial charge in [-0.05, 0) is 35.9 Å². The molecule has 0 saturated carbocycles. The molecule has 8 nitrogen and oxygen atoms in total. The number of aliphatic hydroxyl groups excluding tert-OH is 1. The van der Waals surface area contributed by atoms with Gasteiger partial charge in [-0.1, -0.05) is 6.07 Å². The molecule has 1 aliphatic heterocycles. The lowest BCUT2D eigenvalue weighted by Gasteiger charge is -2.16. The van der Waals surface area contributed by atoms with Gasteiger partial charge in [0.1, 0.15) is 0 Å². The Hall–Kier alpha value is -3.10. The number of benzene rings is 2. The molecule has 3 rings (SSSR count). The minimum Gasteiger partial charge on any atom is -0.504 e. The van der Waals surface area contributed by atoms with Crippen molar-refractivity contribution in [3.8, 4) is 23.0 Å². The number of esters is 1. The van der Waals surface area contributed by atoms with Gasteiger partial charge in [0, 0.05) is 31.7 Å². The quantitative estimate of drug-likeness (QED) is 0.374. The molecule has 0 spiro atoms. The number of phenolic OH excluding ortho intramolecular Hbond substituents is 1. The van der Waals surface area contributed by atoms with Crippen LogP contribution in [0.1, 0.15) is 35.7 Å². The van der Waals surface area contributed by atoms with E-state index in [1.54, 1.807) is 18.2 Å². The standard InChI is InChI=1S/C23H26O8/c1-13(24)30-20-7-5-15(10-23(20)29-3)18(26)11-16-12-19(27)22(31-16)9-14-4-6-17(25)21(8-14)28-2/h4-8,10,16,19,22,25,27H,9,11-12H2,1-3H3. The first-order valence-corrected chi connectivity index (χ1v) is 9.89. The second kappa shape index (κ2) is 9.80. The van der Waals surface area contributed by atoms with Gasteiger partial charge in [0.25, 0.3) is 0 Å². The zero-order valence-electron chi connectivity index (χ0n) is 17.7. The molecule has 0 amide bonds. The molecule has 1 fully saturated rings. The number of carbonyl (C=O) groups is 2. The minimum absolute atomic E-state index is 0.0396. The lowest BCUT2D eigenvalue weighted by Crippen LogP contribution is -2.23. The van der Waals surface area contributed by atoms with Crippen molar-refractivity contribution in [3.63, 3.8) is 0 Å². The number of Topliss-reactive ketones (excluding diaryl/α,β-unsaturated/α-hetero) is 1. The van der Waals surface area contributed by atoms with Gasteiger partial charge in [0.15, 0.2) is 28.8 Å². The maximum Gasteiger partial charge on any atom is 0.308 e. The van der Waals surface area contributed by atoms with E-state index >= 15 is 0 Å². The summed E-state index contributed by atoms with van der Waals surface area (Å²) in [5.74, 6) is 0.261. The van der Waals surface area contributed by atoms with E-state index in [4.69, 9.17) is 18.9 Å². The lowest BCUT2D eigenvalue weighted by molar-refractivity contribution is -0.132. The largest absolute Gasteiger partial charge is 0.504 e. The summed E-state index contributed by atoms with van der Waals surface area (Å²) in [6.07, 6.45) is -0.735. The van der Waals surface area contributed by atoms with Gasteiger partial charge in [0.2, 0.25) is 0 Å². The van der Waals surface area contributed by atoms with E-state index in [0.29, 0.717) is 24.2 Å². The number of aromatic hydroxyl groups is 1. The highest BCUT2D eigenvalue weighted by molar-refractivity contribution is 5.97. The zero-order valence-corrected chi connectivity index (χ0v) is 17.7. The number of hydrogen-bond donors (Lipinski definition) is 2. The van der Waals surface area contributed by atoms with Crippen molar-refractivity contribution in [2.24, 2.45) is 0 Å². The number of aliphatic hydroxyl groups is 1. The normalized spacial score (nSPS) is 20.3. The van der Waals surface area contributed by atoms with Crippen molar-refractivity contribution in [1.82, 2.24) is 0 Å². The van der Waals surface area contributed by atoms with E-state index in [2.05, 4.69) is 0 Å². The first-order chi connectivity index (χ1) is 14.8. The molecule has 2 aromatic rings. The molecular weight excluding hydrogens is 404 g/mol. The van der Waals surface area contributed by atoms with E-state index in [1.165, 1.54) is 39.3 Å². The summed E-state index contributed by atoms with van der Waals surface area (Å²) in [4.78, 5) is 23.9. The van der Waals surface area contributed by atoms with Crippen LogP contribution in [-0.2, 0) is 16.0 Å². The van der Waals surface area contributed by atoms with Crippen LogP contribution in [0, 0.1) is 0 Å². The van der Waals surface area contributed by atoms with Crippen molar-refractivity contribution in [2.75, 3.05) is 14.2 Å². The van der Waals surface area contributed by atoms with Crippen LogP contribution in [0.5, 0.6) is 23.0 Å². The summed E-state index contributed by atoms with van der Waals surface area (Å²) in [5, 5.41) is 20.1. The van der Waals surface area contributed by atoms with Gasteiger partial charge in [-0.15, -0.1) is 0 Å². The van der Waals surface area contributed by atoms with Gasteiger partial charge in [-0.3, -0.25) is 9.59 Å². The summed E-state index contributed by atoms with van der Waals surface area (Å²) in [6.45, 7) is 1.28.